The lowest BCUT2D eigenvalue weighted by Gasteiger charge is -2.11. The molecule has 0 saturated heterocycles. The summed E-state index contributed by atoms with van der Waals surface area (Å²) in [6.45, 7) is 1.97. The molecule has 0 aliphatic rings. The lowest BCUT2D eigenvalue weighted by molar-refractivity contribution is 0.607. The van der Waals surface area contributed by atoms with Gasteiger partial charge in [0.05, 0.1) is 17.6 Å². The first kappa shape index (κ1) is 14.3. The van der Waals surface area contributed by atoms with Crippen molar-refractivity contribution in [2.45, 2.75) is 13.0 Å². The smallest absolute Gasteiger partial charge is 0.148 e. The van der Waals surface area contributed by atoms with Gasteiger partial charge in [0, 0.05) is 6.20 Å². The van der Waals surface area contributed by atoms with Crippen molar-refractivity contribution in [1.29, 1.82) is 0 Å². The number of nitrogen functional groups attached to an aromatic ring is 1. The molecule has 0 fully saturated rings. The summed E-state index contributed by atoms with van der Waals surface area (Å²) in [6.07, 6.45) is 5.01. The summed E-state index contributed by atoms with van der Waals surface area (Å²) in [5.41, 5.74) is 7.63. The van der Waals surface area contributed by atoms with Crippen LogP contribution in [0.3, 0.4) is 0 Å². The molecule has 120 valence electrons. The van der Waals surface area contributed by atoms with Gasteiger partial charge in [-0.25, -0.2) is 19.0 Å². The summed E-state index contributed by atoms with van der Waals surface area (Å²) in [5, 5.41) is 8.98. The minimum absolute atomic E-state index is 0.141. The Kier molecular flexibility index (Phi) is 3.23. The van der Waals surface area contributed by atoms with Gasteiger partial charge in [0.15, 0.2) is 0 Å². The number of fused-ring (bicyclic) bond motifs is 1. The first-order chi connectivity index (χ1) is 11.6. The van der Waals surface area contributed by atoms with Gasteiger partial charge in [-0.3, -0.25) is 0 Å². The zero-order valence-corrected chi connectivity index (χ0v) is 12.8. The van der Waals surface area contributed by atoms with Gasteiger partial charge in [0.1, 0.15) is 35.0 Å². The van der Waals surface area contributed by atoms with Gasteiger partial charge in [-0.1, -0.05) is 17.3 Å². The van der Waals surface area contributed by atoms with Crippen molar-refractivity contribution in [2.24, 2.45) is 0 Å². The minimum Gasteiger partial charge on any atom is -0.383 e. The maximum atomic E-state index is 13.9. The highest BCUT2D eigenvalue weighted by Gasteiger charge is 2.17. The molecule has 3 aromatic heterocycles. The number of benzene rings is 1. The second kappa shape index (κ2) is 5.41. The predicted octanol–water partition coefficient (Wildman–Crippen LogP) is 2.34. The fourth-order valence-electron chi connectivity index (χ4n) is 2.67. The molecule has 0 aliphatic carbocycles. The summed E-state index contributed by atoms with van der Waals surface area (Å²) in [5.74, 6) is 0.0782. The Morgan fingerprint density at radius 3 is 2.83 bits per heavy atom. The van der Waals surface area contributed by atoms with Gasteiger partial charge in [0.2, 0.25) is 0 Å². The monoisotopic (exact) mass is 323 g/mol. The average Bonchev–Trinajstić information content (AvgIpc) is 3.22. The third-order valence-electron chi connectivity index (χ3n) is 4.00. The van der Waals surface area contributed by atoms with E-state index in [1.165, 1.54) is 17.1 Å². The molecule has 1 aromatic carbocycles. The van der Waals surface area contributed by atoms with Crippen LogP contribution in [-0.4, -0.2) is 29.5 Å². The summed E-state index contributed by atoms with van der Waals surface area (Å²) >= 11 is 0. The van der Waals surface area contributed by atoms with Gasteiger partial charge in [-0.15, -0.1) is 5.10 Å². The zero-order valence-electron chi connectivity index (χ0n) is 12.8. The molecule has 24 heavy (non-hydrogen) atoms. The molecule has 2 N–H and O–H groups in total. The molecular weight excluding hydrogens is 309 g/mol. The van der Waals surface area contributed by atoms with Crippen LogP contribution < -0.4 is 5.73 Å². The van der Waals surface area contributed by atoms with E-state index < -0.39 is 0 Å². The number of hydrogen-bond donors (Lipinski definition) is 1. The van der Waals surface area contributed by atoms with Crippen LogP contribution >= 0.6 is 0 Å². The molecule has 0 spiro atoms. The first-order valence-electron chi connectivity index (χ1n) is 7.39. The molecule has 0 bridgehead atoms. The van der Waals surface area contributed by atoms with Crippen LogP contribution in [0.15, 0.2) is 49.1 Å². The Morgan fingerprint density at radius 2 is 2.00 bits per heavy atom. The number of para-hydroxylation sites is 1. The van der Waals surface area contributed by atoms with E-state index in [0.717, 1.165) is 11.0 Å². The van der Waals surface area contributed by atoms with E-state index in [1.807, 2.05) is 23.8 Å². The van der Waals surface area contributed by atoms with Crippen LogP contribution in [0.25, 0.3) is 16.7 Å². The molecule has 8 heteroatoms. The van der Waals surface area contributed by atoms with Crippen molar-refractivity contribution in [3.63, 3.8) is 0 Å². The van der Waals surface area contributed by atoms with E-state index in [-0.39, 0.29) is 11.9 Å². The molecule has 4 aromatic rings. The van der Waals surface area contributed by atoms with Crippen LogP contribution in [0.1, 0.15) is 18.7 Å². The van der Waals surface area contributed by atoms with E-state index in [9.17, 15) is 4.39 Å². The van der Waals surface area contributed by atoms with Crippen LogP contribution in [0.5, 0.6) is 0 Å². The summed E-state index contributed by atoms with van der Waals surface area (Å²) < 4.78 is 17.2. The van der Waals surface area contributed by atoms with E-state index in [0.29, 0.717) is 17.2 Å². The Hall–Kier alpha value is -3.29. The lowest BCUT2D eigenvalue weighted by atomic mass is 10.2. The summed E-state index contributed by atoms with van der Waals surface area (Å²) in [6, 6.07) is 8.15. The zero-order chi connectivity index (χ0) is 16.7. The maximum Gasteiger partial charge on any atom is 0.148 e. The molecule has 0 aliphatic heterocycles. The minimum atomic E-state index is -0.353. The Labute approximate surface area is 136 Å². The highest BCUT2D eigenvalue weighted by molar-refractivity contribution is 5.86. The van der Waals surface area contributed by atoms with Gasteiger partial charge < -0.3 is 10.3 Å². The van der Waals surface area contributed by atoms with Gasteiger partial charge >= 0.3 is 0 Å². The number of aromatic nitrogens is 6. The molecule has 3 heterocycles. The van der Waals surface area contributed by atoms with E-state index in [1.54, 1.807) is 24.4 Å². The summed E-state index contributed by atoms with van der Waals surface area (Å²) in [7, 11) is 0. The molecule has 7 nitrogen and oxygen atoms in total. The SMILES string of the molecule is CC(c1cn(-c2ccccc2F)nn1)n1ccc2c(N)ncnc21. The topological polar surface area (TPSA) is 87.4 Å². The third kappa shape index (κ3) is 2.19. The van der Waals surface area contributed by atoms with Gasteiger partial charge in [-0.05, 0) is 25.1 Å². The Bertz CT molecular complexity index is 1020. The fraction of sp³-hybridized carbons (Fsp3) is 0.125. The second-order valence-electron chi connectivity index (χ2n) is 5.43. The molecule has 0 amide bonds. The maximum absolute atomic E-state index is 13.9. The predicted molar refractivity (Wildman–Crippen MR) is 87.1 cm³/mol. The Morgan fingerprint density at radius 1 is 1.17 bits per heavy atom. The van der Waals surface area contributed by atoms with Gasteiger partial charge in [0.25, 0.3) is 0 Å². The average molecular weight is 323 g/mol. The van der Waals surface area contributed by atoms with E-state index >= 15 is 0 Å². The van der Waals surface area contributed by atoms with Crippen molar-refractivity contribution in [3.05, 3.63) is 60.6 Å². The number of hydrogen-bond acceptors (Lipinski definition) is 5. The van der Waals surface area contributed by atoms with Crippen LogP contribution in [-0.2, 0) is 0 Å². The third-order valence-corrected chi connectivity index (χ3v) is 4.00. The van der Waals surface area contributed by atoms with Crippen molar-refractivity contribution >= 4 is 16.9 Å². The highest BCUT2D eigenvalue weighted by Crippen LogP contribution is 2.25. The first-order valence-corrected chi connectivity index (χ1v) is 7.39. The molecular formula is C16H14FN7. The van der Waals surface area contributed by atoms with Crippen molar-refractivity contribution < 1.29 is 4.39 Å². The number of halogens is 1. The normalized spacial score (nSPS) is 12.6. The van der Waals surface area contributed by atoms with Gasteiger partial charge in [-0.2, -0.15) is 0 Å². The molecule has 0 radical (unpaired) electrons. The highest BCUT2D eigenvalue weighted by atomic mass is 19.1. The molecule has 1 atom stereocenters. The number of rotatable bonds is 3. The molecule has 4 rings (SSSR count). The van der Waals surface area contributed by atoms with Crippen LogP contribution in [0, 0.1) is 5.82 Å². The van der Waals surface area contributed by atoms with Crippen molar-refractivity contribution in [2.75, 3.05) is 5.73 Å². The number of nitrogens with zero attached hydrogens (tertiary/aromatic N) is 6. The molecule has 1 unspecified atom stereocenters. The standard InChI is InChI=1S/C16H14FN7/c1-10(23-7-6-11-15(18)19-9-20-16(11)23)13-8-24(22-21-13)14-5-3-2-4-12(14)17/h2-10H,1H3,(H2,18,19,20). The molecule has 0 saturated carbocycles. The largest absolute Gasteiger partial charge is 0.383 e. The van der Waals surface area contributed by atoms with Crippen LogP contribution in [0.2, 0.25) is 0 Å². The van der Waals surface area contributed by atoms with Crippen molar-refractivity contribution in [1.82, 2.24) is 29.5 Å². The summed E-state index contributed by atoms with van der Waals surface area (Å²) in [4.78, 5) is 8.27. The quantitative estimate of drug-likeness (QED) is 0.625. The van der Waals surface area contributed by atoms with Crippen LogP contribution in [0.4, 0.5) is 10.2 Å². The Balaban J connectivity index is 1.74. The van der Waals surface area contributed by atoms with E-state index in [2.05, 4.69) is 20.3 Å². The van der Waals surface area contributed by atoms with Crippen molar-refractivity contribution in [3.8, 4) is 5.69 Å². The van der Waals surface area contributed by atoms with E-state index in [4.69, 9.17) is 5.73 Å². The number of anilines is 1. The second-order valence-corrected chi connectivity index (χ2v) is 5.43. The lowest BCUT2D eigenvalue weighted by Crippen LogP contribution is -2.07. The fourth-order valence-corrected chi connectivity index (χ4v) is 2.67. The number of nitrogens with two attached hydrogens (primary N) is 1.